The zero-order chi connectivity index (χ0) is 40.9. The highest BCUT2D eigenvalue weighted by Gasteiger charge is 2.28. The molecular weight excluding hydrogens is 769 g/mol. The van der Waals surface area contributed by atoms with Gasteiger partial charge in [0, 0.05) is 73.5 Å². The summed E-state index contributed by atoms with van der Waals surface area (Å²) >= 11 is 0. The Labute approximate surface area is 341 Å². The normalized spacial score (nSPS) is 15.7. The molecule has 0 radical (unpaired) electrons. The Morgan fingerprint density at radius 1 is 0.621 bits per heavy atom. The lowest BCUT2D eigenvalue weighted by Crippen LogP contribution is -2.26. The quantitative estimate of drug-likeness (QED) is 0.115. The number of pyridine rings is 2. The number of fused-ring (bicyclic) bond motifs is 4. The van der Waals surface area contributed by atoms with E-state index in [0.717, 1.165) is 93.0 Å². The molecular formula is C44H52N8O4S2. The van der Waals surface area contributed by atoms with Crippen LogP contribution in [0.15, 0.2) is 107 Å². The van der Waals surface area contributed by atoms with Crippen molar-refractivity contribution in [2.75, 3.05) is 71.2 Å². The van der Waals surface area contributed by atoms with Gasteiger partial charge in [-0.05, 0) is 86.3 Å². The largest absolute Gasteiger partial charge is 0.384 e. The summed E-state index contributed by atoms with van der Waals surface area (Å²) in [6, 6.07) is 30.9. The fourth-order valence-corrected chi connectivity index (χ4v) is 10.6. The molecule has 304 valence electrons. The smallest absolute Gasteiger partial charge is 0.180 e. The molecule has 6 N–H and O–H groups in total. The van der Waals surface area contributed by atoms with Crippen molar-refractivity contribution >= 4 is 64.5 Å². The summed E-state index contributed by atoms with van der Waals surface area (Å²) in [7, 11) is -6.59. The van der Waals surface area contributed by atoms with E-state index < -0.39 is 19.7 Å². The number of rotatable bonds is 10. The summed E-state index contributed by atoms with van der Waals surface area (Å²) < 4.78 is 50.8. The van der Waals surface area contributed by atoms with E-state index >= 15 is 0 Å². The summed E-state index contributed by atoms with van der Waals surface area (Å²) in [5.74, 6) is 1.72. The maximum Gasteiger partial charge on any atom is 0.180 e. The third-order valence-electron chi connectivity index (χ3n) is 10.6. The highest BCUT2D eigenvalue weighted by molar-refractivity contribution is 7.91. The summed E-state index contributed by atoms with van der Waals surface area (Å²) in [6.45, 7) is 8.78. The number of nitrogens with two attached hydrogens (primary N) is 2. The van der Waals surface area contributed by atoms with Crippen molar-refractivity contribution in [3.05, 3.63) is 119 Å². The number of hydrogen-bond donors (Lipinski definition) is 4. The van der Waals surface area contributed by atoms with Gasteiger partial charge in [0.15, 0.2) is 19.7 Å². The molecule has 4 aromatic carbocycles. The minimum absolute atomic E-state index is 0.0769. The average Bonchev–Trinajstić information content (AvgIpc) is 3.44. The molecule has 0 saturated heterocycles. The lowest BCUT2D eigenvalue weighted by atomic mass is 10.1. The average molecular weight is 821 g/mol. The van der Waals surface area contributed by atoms with Gasteiger partial charge in [-0.25, -0.2) is 26.8 Å². The van der Waals surface area contributed by atoms with Crippen LogP contribution in [0.1, 0.15) is 35.1 Å². The van der Waals surface area contributed by atoms with E-state index in [1.807, 2.05) is 55.5 Å². The number of nitrogens with one attached hydrogen (secondary N) is 2. The van der Waals surface area contributed by atoms with E-state index in [2.05, 4.69) is 51.6 Å². The van der Waals surface area contributed by atoms with Gasteiger partial charge in [0.2, 0.25) is 0 Å². The van der Waals surface area contributed by atoms with Crippen molar-refractivity contribution in [1.82, 2.24) is 9.97 Å². The minimum atomic E-state index is -3.30. The standard InChI is InChI=1S/2C22H26N4O2S/c1-16-6-4-8-18-22(16)19(24-11-5-10-23)14-21(25-18)26-12-13-29(27,28)20-9-3-2-7-17(20)15-26;1-16-7-8-18-19(24-10-4-9-23)14-22(25-20(18)13-16)26-11-12-29(27,28)21-6-3-2-5-17(21)15-26/h2-4,6-9,14H,5,10-13,15,23H2,1H3,(H,24,25);2-3,5-8,13-14H,4,9-12,15,23H2,1H3,(H,24,25). The molecule has 0 bridgehead atoms. The van der Waals surface area contributed by atoms with E-state index in [9.17, 15) is 16.8 Å². The maximum atomic E-state index is 12.7. The van der Waals surface area contributed by atoms with Crippen molar-refractivity contribution in [1.29, 1.82) is 0 Å². The Morgan fingerprint density at radius 3 is 1.74 bits per heavy atom. The Kier molecular flexibility index (Phi) is 12.5. The van der Waals surface area contributed by atoms with E-state index in [1.165, 1.54) is 0 Å². The summed E-state index contributed by atoms with van der Waals surface area (Å²) in [5, 5.41) is 9.12. The predicted molar refractivity (Wildman–Crippen MR) is 236 cm³/mol. The molecule has 2 aromatic heterocycles. The monoisotopic (exact) mass is 820 g/mol. The van der Waals surface area contributed by atoms with Crippen molar-refractivity contribution in [3.8, 4) is 0 Å². The summed E-state index contributed by atoms with van der Waals surface area (Å²) in [6.07, 6.45) is 1.75. The lowest BCUT2D eigenvalue weighted by molar-refractivity contribution is 0.594. The molecule has 2 aliphatic rings. The maximum absolute atomic E-state index is 12.7. The zero-order valence-corrected chi connectivity index (χ0v) is 34.7. The van der Waals surface area contributed by atoms with Crippen LogP contribution in [0.5, 0.6) is 0 Å². The Morgan fingerprint density at radius 2 is 1.16 bits per heavy atom. The van der Waals surface area contributed by atoms with E-state index in [-0.39, 0.29) is 11.5 Å². The molecule has 4 heterocycles. The van der Waals surface area contributed by atoms with Crippen LogP contribution in [0, 0.1) is 13.8 Å². The van der Waals surface area contributed by atoms with Gasteiger partial charge < -0.3 is 31.9 Å². The second-order valence-corrected chi connectivity index (χ2v) is 19.0. The molecule has 8 rings (SSSR count). The van der Waals surface area contributed by atoms with Crippen LogP contribution in [0.2, 0.25) is 0 Å². The second-order valence-electron chi connectivity index (χ2n) is 14.9. The first-order chi connectivity index (χ1) is 28.0. The Bertz CT molecular complexity index is 2560. The molecule has 0 unspecified atom stereocenters. The van der Waals surface area contributed by atoms with Gasteiger partial charge in [-0.1, -0.05) is 60.7 Å². The van der Waals surface area contributed by atoms with Crippen LogP contribution in [0.4, 0.5) is 23.0 Å². The number of hydrogen-bond acceptors (Lipinski definition) is 12. The predicted octanol–water partition coefficient (Wildman–Crippen LogP) is 6.20. The fourth-order valence-electron chi connectivity index (χ4n) is 7.55. The molecule has 0 amide bonds. The topological polar surface area (TPSA) is 177 Å². The van der Waals surface area contributed by atoms with Crippen LogP contribution in [-0.2, 0) is 32.8 Å². The molecule has 6 aromatic rings. The zero-order valence-electron chi connectivity index (χ0n) is 33.1. The number of aryl methyl sites for hydroxylation is 2. The van der Waals surface area contributed by atoms with Crippen LogP contribution in [-0.4, -0.2) is 77.6 Å². The van der Waals surface area contributed by atoms with Crippen LogP contribution >= 0.6 is 0 Å². The molecule has 12 nitrogen and oxygen atoms in total. The molecule has 2 aliphatic heterocycles. The first-order valence-electron chi connectivity index (χ1n) is 19.8. The van der Waals surface area contributed by atoms with E-state index in [4.69, 9.17) is 21.4 Å². The van der Waals surface area contributed by atoms with E-state index in [0.29, 0.717) is 49.1 Å². The van der Waals surface area contributed by atoms with Gasteiger partial charge in [0.1, 0.15) is 11.6 Å². The van der Waals surface area contributed by atoms with Crippen LogP contribution in [0.25, 0.3) is 21.8 Å². The van der Waals surface area contributed by atoms with Gasteiger partial charge in [0.05, 0.1) is 32.3 Å². The van der Waals surface area contributed by atoms with Crippen LogP contribution in [0.3, 0.4) is 0 Å². The molecule has 0 spiro atoms. The van der Waals surface area contributed by atoms with E-state index in [1.54, 1.807) is 24.3 Å². The third-order valence-corrected chi connectivity index (χ3v) is 14.2. The highest BCUT2D eigenvalue weighted by Crippen LogP contribution is 2.34. The molecule has 0 saturated carbocycles. The molecule has 0 fully saturated rings. The molecule has 0 aliphatic carbocycles. The number of nitrogens with zero attached hydrogens (tertiary/aromatic N) is 4. The van der Waals surface area contributed by atoms with Crippen molar-refractivity contribution in [2.45, 2.75) is 49.6 Å². The van der Waals surface area contributed by atoms with Crippen molar-refractivity contribution < 1.29 is 16.8 Å². The second kappa shape index (κ2) is 17.7. The highest BCUT2D eigenvalue weighted by atomic mass is 32.2. The number of benzene rings is 4. The number of anilines is 4. The van der Waals surface area contributed by atoms with Crippen LogP contribution < -0.4 is 31.9 Å². The SMILES string of the molecule is Cc1ccc2c(NCCCN)cc(N3CCS(=O)(=O)c4ccccc4C3)nc2c1.Cc1cccc2nc(N3CCS(=O)(=O)c4ccccc4C3)cc(NCCCN)c12. The summed E-state index contributed by atoms with van der Waals surface area (Å²) in [5.41, 5.74) is 19.0. The molecule has 0 atom stereocenters. The molecule has 58 heavy (non-hydrogen) atoms. The molecule has 14 heteroatoms. The first-order valence-corrected chi connectivity index (χ1v) is 23.1. The van der Waals surface area contributed by atoms with Gasteiger partial charge in [-0.3, -0.25) is 0 Å². The first kappa shape index (κ1) is 40.9. The Balaban J connectivity index is 0.000000177. The fraction of sp³-hybridized carbons (Fsp3) is 0.318. The van der Waals surface area contributed by atoms with Gasteiger partial charge in [-0.15, -0.1) is 0 Å². The van der Waals surface area contributed by atoms with Gasteiger partial charge in [0.25, 0.3) is 0 Å². The van der Waals surface area contributed by atoms with Crippen molar-refractivity contribution in [2.24, 2.45) is 11.5 Å². The lowest BCUT2D eigenvalue weighted by Gasteiger charge is -2.23. The third kappa shape index (κ3) is 9.05. The Hall–Kier alpha value is -5.28. The van der Waals surface area contributed by atoms with Gasteiger partial charge >= 0.3 is 0 Å². The van der Waals surface area contributed by atoms with Crippen molar-refractivity contribution in [3.63, 3.8) is 0 Å². The number of sulfone groups is 2. The van der Waals surface area contributed by atoms with Gasteiger partial charge in [-0.2, -0.15) is 0 Å². The number of aromatic nitrogens is 2. The minimum Gasteiger partial charge on any atom is -0.384 e. The summed E-state index contributed by atoms with van der Waals surface area (Å²) in [4.78, 5) is 14.7.